The van der Waals surface area contributed by atoms with Crippen LogP contribution in [0, 0.1) is 0 Å². The number of aryl methyl sites for hydroxylation is 1. The monoisotopic (exact) mass is 279 g/mol. The summed E-state index contributed by atoms with van der Waals surface area (Å²) in [5.41, 5.74) is 0. The van der Waals surface area contributed by atoms with Gasteiger partial charge in [-0.15, -0.1) is 0 Å². The first-order valence-electron chi connectivity index (χ1n) is 5.90. The Morgan fingerprint density at radius 1 is 1.32 bits per heavy atom. The summed E-state index contributed by atoms with van der Waals surface area (Å²) in [7, 11) is 3.70. The highest BCUT2D eigenvalue weighted by Gasteiger charge is 2.03. The van der Waals surface area contributed by atoms with Crippen LogP contribution >= 0.6 is 11.8 Å². The Morgan fingerprint density at radius 2 is 2.11 bits per heavy atom. The number of hydrogen-bond donors (Lipinski definition) is 2. The number of thioether (sulfide) groups is 1. The topological polar surface area (TPSA) is 80.5 Å². The van der Waals surface area contributed by atoms with E-state index >= 15 is 0 Å². The molecule has 0 unspecified atom stereocenters. The van der Waals surface area contributed by atoms with E-state index < -0.39 is 0 Å². The van der Waals surface area contributed by atoms with Crippen molar-refractivity contribution in [3.05, 3.63) is 18.2 Å². The van der Waals surface area contributed by atoms with Crippen molar-refractivity contribution < 1.29 is 0 Å². The van der Waals surface area contributed by atoms with Gasteiger partial charge in [-0.25, -0.2) is 15.0 Å². The van der Waals surface area contributed by atoms with Crippen molar-refractivity contribution in [2.75, 3.05) is 30.5 Å². The standard InChI is InChI=1S/C11H17N7S/c1-12-9-6-10(16-11(15-9)19-3)13-5-4-8-14-7-18(2)17-8/h6-7H,4-5H2,1-3H3,(H2,12,13,15,16). The van der Waals surface area contributed by atoms with E-state index in [2.05, 4.69) is 30.7 Å². The molecule has 0 fully saturated rings. The molecular formula is C11H17N7S. The molecule has 0 aliphatic rings. The molecule has 0 aliphatic carbocycles. The van der Waals surface area contributed by atoms with Crippen LogP contribution in [0.2, 0.25) is 0 Å². The van der Waals surface area contributed by atoms with Crippen molar-refractivity contribution in [3.8, 4) is 0 Å². The number of anilines is 2. The van der Waals surface area contributed by atoms with Crippen molar-refractivity contribution in [3.63, 3.8) is 0 Å². The van der Waals surface area contributed by atoms with Gasteiger partial charge in [0.1, 0.15) is 18.0 Å². The molecule has 2 aromatic rings. The van der Waals surface area contributed by atoms with Crippen LogP contribution in [-0.4, -0.2) is 44.6 Å². The molecule has 2 aromatic heterocycles. The molecule has 2 heterocycles. The first-order valence-corrected chi connectivity index (χ1v) is 7.13. The lowest BCUT2D eigenvalue weighted by Gasteiger charge is -2.07. The van der Waals surface area contributed by atoms with Gasteiger partial charge in [0, 0.05) is 33.1 Å². The summed E-state index contributed by atoms with van der Waals surface area (Å²) in [5, 5.41) is 11.2. The van der Waals surface area contributed by atoms with Crippen molar-refractivity contribution in [2.24, 2.45) is 7.05 Å². The van der Waals surface area contributed by atoms with Gasteiger partial charge in [-0.3, -0.25) is 4.68 Å². The highest BCUT2D eigenvalue weighted by Crippen LogP contribution is 2.16. The third-order valence-electron chi connectivity index (χ3n) is 2.45. The van der Waals surface area contributed by atoms with Crippen LogP contribution in [0.3, 0.4) is 0 Å². The van der Waals surface area contributed by atoms with Crippen LogP contribution in [0.15, 0.2) is 17.6 Å². The lowest BCUT2D eigenvalue weighted by molar-refractivity contribution is 0.741. The number of hydrogen-bond acceptors (Lipinski definition) is 7. The lowest BCUT2D eigenvalue weighted by atomic mass is 10.4. The van der Waals surface area contributed by atoms with E-state index in [9.17, 15) is 0 Å². The quantitative estimate of drug-likeness (QED) is 0.603. The van der Waals surface area contributed by atoms with Gasteiger partial charge in [-0.1, -0.05) is 11.8 Å². The van der Waals surface area contributed by atoms with Crippen molar-refractivity contribution in [2.45, 2.75) is 11.6 Å². The molecule has 2 N–H and O–H groups in total. The summed E-state index contributed by atoms with van der Waals surface area (Å²) in [4.78, 5) is 12.9. The zero-order valence-electron chi connectivity index (χ0n) is 11.2. The minimum atomic E-state index is 0.734. The maximum atomic E-state index is 4.39. The molecule has 8 heteroatoms. The normalized spacial score (nSPS) is 10.5. The van der Waals surface area contributed by atoms with E-state index in [1.165, 1.54) is 11.8 Å². The Bertz CT molecular complexity index is 517. The average Bonchev–Trinajstić information content (AvgIpc) is 2.84. The van der Waals surface area contributed by atoms with Gasteiger partial charge in [0.2, 0.25) is 0 Å². The van der Waals surface area contributed by atoms with Gasteiger partial charge in [0.15, 0.2) is 11.0 Å². The van der Waals surface area contributed by atoms with E-state index in [1.807, 2.05) is 26.4 Å². The molecule has 0 saturated carbocycles. The molecule has 0 aliphatic heterocycles. The zero-order valence-corrected chi connectivity index (χ0v) is 12.0. The summed E-state index contributed by atoms with van der Waals surface area (Å²) in [6, 6.07) is 1.88. The van der Waals surface area contributed by atoms with Crippen molar-refractivity contribution >= 4 is 23.4 Å². The molecule has 19 heavy (non-hydrogen) atoms. The maximum absolute atomic E-state index is 4.39. The first-order chi connectivity index (χ1) is 9.21. The Hall–Kier alpha value is -1.83. The Kier molecular flexibility index (Phi) is 4.56. The molecular weight excluding hydrogens is 262 g/mol. The fourth-order valence-corrected chi connectivity index (χ4v) is 1.92. The number of nitrogens with one attached hydrogen (secondary N) is 2. The van der Waals surface area contributed by atoms with Crippen LogP contribution in [-0.2, 0) is 13.5 Å². The largest absolute Gasteiger partial charge is 0.373 e. The fraction of sp³-hybridized carbons (Fsp3) is 0.455. The van der Waals surface area contributed by atoms with Gasteiger partial charge in [0.25, 0.3) is 0 Å². The van der Waals surface area contributed by atoms with Crippen LogP contribution in [0.1, 0.15) is 5.82 Å². The van der Waals surface area contributed by atoms with E-state index in [4.69, 9.17) is 0 Å². The second-order valence-corrected chi connectivity index (χ2v) is 4.66. The second kappa shape index (κ2) is 6.37. The summed E-state index contributed by atoms with van der Waals surface area (Å²) in [6.07, 6.45) is 4.41. The van der Waals surface area contributed by atoms with E-state index in [0.29, 0.717) is 0 Å². The number of nitrogens with zero attached hydrogens (tertiary/aromatic N) is 5. The SMILES string of the molecule is CNc1cc(NCCc2ncn(C)n2)nc(SC)n1. The molecule has 0 spiro atoms. The fourth-order valence-electron chi connectivity index (χ4n) is 1.54. The molecule has 0 radical (unpaired) electrons. The van der Waals surface area contributed by atoms with Gasteiger partial charge < -0.3 is 10.6 Å². The van der Waals surface area contributed by atoms with Gasteiger partial charge >= 0.3 is 0 Å². The van der Waals surface area contributed by atoms with Gasteiger partial charge in [-0.05, 0) is 6.26 Å². The molecule has 2 rings (SSSR count). The van der Waals surface area contributed by atoms with Crippen LogP contribution < -0.4 is 10.6 Å². The third-order valence-corrected chi connectivity index (χ3v) is 2.99. The van der Waals surface area contributed by atoms with E-state index in [0.717, 1.165) is 35.6 Å². The van der Waals surface area contributed by atoms with E-state index in [1.54, 1.807) is 11.0 Å². The van der Waals surface area contributed by atoms with Crippen LogP contribution in [0.25, 0.3) is 0 Å². The predicted molar refractivity (Wildman–Crippen MR) is 76.6 cm³/mol. The highest BCUT2D eigenvalue weighted by atomic mass is 32.2. The molecule has 0 bridgehead atoms. The minimum absolute atomic E-state index is 0.734. The van der Waals surface area contributed by atoms with Gasteiger partial charge in [0.05, 0.1) is 0 Å². The highest BCUT2D eigenvalue weighted by molar-refractivity contribution is 7.98. The molecule has 0 atom stereocenters. The Balaban J connectivity index is 1.95. The van der Waals surface area contributed by atoms with Crippen LogP contribution in [0.5, 0.6) is 0 Å². The molecule has 0 saturated heterocycles. The first kappa shape index (κ1) is 13.6. The maximum Gasteiger partial charge on any atom is 0.191 e. The average molecular weight is 279 g/mol. The minimum Gasteiger partial charge on any atom is -0.373 e. The summed E-state index contributed by atoms with van der Waals surface area (Å²) >= 11 is 1.52. The summed E-state index contributed by atoms with van der Waals surface area (Å²) in [5.74, 6) is 2.43. The van der Waals surface area contributed by atoms with Crippen LogP contribution in [0.4, 0.5) is 11.6 Å². The Morgan fingerprint density at radius 3 is 2.74 bits per heavy atom. The second-order valence-electron chi connectivity index (χ2n) is 3.89. The summed E-state index contributed by atoms with van der Waals surface area (Å²) in [6.45, 7) is 0.734. The molecule has 102 valence electrons. The van der Waals surface area contributed by atoms with Crippen molar-refractivity contribution in [1.82, 2.24) is 24.7 Å². The lowest BCUT2D eigenvalue weighted by Crippen LogP contribution is -2.09. The predicted octanol–water partition coefficient (Wildman–Crippen LogP) is 1.02. The van der Waals surface area contributed by atoms with E-state index in [-0.39, 0.29) is 0 Å². The Labute approximate surface area is 116 Å². The smallest absolute Gasteiger partial charge is 0.191 e. The summed E-state index contributed by atoms with van der Waals surface area (Å²) < 4.78 is 1.70. The zero-order chi connectivity index (χ0) is 13.7. The van der Waals surface area contributed by atoms with Gasteiger partial charge in [-0.2, -0.15) is 5.10 Å². The number of aromatic nitrogens is 5. The molecule has 0 amide bonds. The third kappa shape index (κ3) is 3.82. The molecule has 0 aromatic carbocycles. The number of rotatable bonds is 6. The molecule has 7 nitrogen and oxygen atoms in total. The van der Waals surface area contributed by atoms with Crippen molar-refractivity contribution in [1.29, 1.82) is 0 Å².